The molecule has 2 aromatic rings. The van der Waals surface area contributed by atoms with Crippen LogP contribution in [0.5, 0.6) is 0 Å². The number of nitriles is 1. The van der Waals surface area contributed by atoms with E-state index in [9.17, 15) is 4.79 Å². The van der Waals surface area contributed by atoms with Gasteiger partial charge in [0.1, 0.15) is 0 Å². The van der Waals surface area contributed by atoms with Crippen molar-refractivity contribution >= 4 is 5.91 Å². The lowest BCUT2D eigenvalue weighted by atomic mass is 9.77. The standard InChI is InChI=1S/C17H14N2O/c18-10-12-4-3-5-13(8-12)11-19-17(20)16-9-14-6-1-2-7-15(14)16/h1-8,16H,9,11H2,(H,19,20). The van der Waals surface area contributed by atoms with E-state index in [4.69, 9.17) is 5.26 Å². The van der Waals surface area contributed by atoms with Crippen LogP contribution in [-0.2, 0) is 17.8 Å². The van der Waals surface area contributed by atoms with Crippen molar-refractivity contribution in [3.63, 3.8) is 0 Å². The normalized spacial score (nSPS) is 15.7. The highest BCUT2D eigenvalue weighted by Crippen LogP contribution is 2.34. The van der Waals surface area contributed by atoms with E-state index >= 15 is 0 Å². The predicted octanol–water partition coefficient (Wildman–Crippen LogP) is 2.51. The molecule has 3 heteroatoms. The summed E-state index contributed by atoms with van der Waals surface area (Å²) in [6.07, 6.45) is 0.820. The number of nitrogens with zero attached hydrogens (tertiary/aromatic N) is 1. The first-order chi connectivity index (χ1) is 9.78. The van der Waals surface area contributed by atoms with Crippen molar-refractivity contribution in [2.45, 2.75) is 18.9 Å². The molecule has 0 aromatic heterocycles. The molecule has 1 aliphatic rings. The van der Waals surface area contributed by atoms with Crippen molar-refractivity contribution in [3.05, 3.63) is 70.8 Å². The Hall–Kier alpha value is -2.60. The van der Waals surface area contributed by atoms with E-state index in [0.29, 0.717) is 12.1 Å². The average Bonchev–Trinajstić information content (AvgIpc) is 2.46. The van der Waals surface area contributed by atoms with E-state index in [2.05, 4.69) is 17.5 Å². The zero-order chi connectivity index (χ0) is 13.9. The molecule has 0 radical (unpaired) electrons. The van der Waals surface area contributed by atoms with Crippen LogP contribution in [-0.4, -0.2) is 5.91 Å². The summed E-state index contributed by atoms with van der Waals surface area (Å²) in [5.41, 5.74) is 3.96. The first-order valence-corrected chi connectivity index (χ1v) is 6.62. The second-order valence-electron chi connectivity index (χ2n) is 4.99. The SMILES string of the molecule is N#Cc1cccc(CNC(=O)C2Cc3ccccc32)c1. The maximum atomic E-state index is 12.1. The third-order valence-electron chi connectivity index (χ3n) is 3.69. The predicted molar refractivity (Wildman–Crippen MR) is 75.9 cm³/mol. The fourth-order valence-corrected chi connectivity index (χ4v) is 2.56. The highest BCUT2D eigenvalue weighted by atomic mass is 16.1. The van der Waals surface area contributed by atoms with Gasteiger partial charge >= 0.3 is 0 Å². The molecule has 0 fully saturated rings. The summed E-state index contributed by atoms with van der Waals surface area (Å²) in [5.74, 6) is 0.0383. The Labute approximate surface area is 117 Å². The molecule has 1 N–H and O–H groups in total. The van der Waals surface area contributed by atoms with Gasteiger partial charge in [-0.15, -0.1) is 0 Å². The van der Waals surface area contributed by atoms with Crippen LogP contribution in [0.15, 0.2) is 48.5 Å². The van der Waals surface area contributed by atoms with E-state index in [1.54, 1.807) is 12.1 Å². The van der Waals surface area contributed by atoms with Crippen molar-refractivity contribution in [2.75, 3.05) is 0 Å². The molecule has 0 bridgehead atoms. The van der Waals surface area contributed by atoms with E-state index in [-0.39, 0.29) is 11.8 Å². The lowest BCUT2D eigenvalue weighted by Crippen LogP contribution is -2.35. The Morgan fingerprint density at radius 2 is 2.10 bits per heavy atom. The number of hydrogen-bond acceptors (Lipinski definition) is 2. The largest absolute Gasteiger partial charge is 0.351 e. The zero-order valence-corrected chi connectivity index (χ0v) is 11.0. The molecule has 3 nitrogen and oxygen atoms in total. The van der Waals surface area contributed by atoms with Gasteiger partial charge in [-0.1, -0.05) is 36.4 Å². The fourth-order valence-electron chi connectivity index (χ4n) is 2.56. The van der Waals surface area contributed by atoms with Crippen LogP contribution in [0.1, 0.15) is 28.2 Å². The number of nitrogens with one attached hydrogen (secondary N) is 1. The van der Waals surface area contributed by atoms with Gasteiger partial charge < -0.3 is 5.32 Å². The molecule has 98 valence electrons. The van der Waals surface area contributed by atoms with Crippen molar-refractivity contribution in [2.24, 2.45) is 0 Å². The highest BCUT2D eigenvalue weighted by Gasteiger charge is 2.31. The lowest BCUT2D eigenvalue weighted by Gasteiger charge is -2.28. The molecule has 0 aliphatic heterocycles. The molecule has 3 rings (SSSR count). The smallest absolute Gasteiger partial charge is 0.228 e. The van der Waals surface area contributed by atoms with Gasteiger partial charge in [0.2, 0.25) is 5.91 Å². The summed E-state index contributed by atoms with van der Waals surface area (Å²) >= 11 is 0. The van der Waals surface area contributed by atoms with Gasteiger partial charge in [0, 0.05) is 6.54 Å². The van der Waals surface area contributed by atoms with Gasteiger partial charge in [-0.05, 0) is 35.2 Å². The van der Waals surface area contributed by atoms with Gasteiger partial charge in [0.15, 0.2) is 0 Å². The van der Waals surface area contributed by atoms with Gasteiger partial charge in [-0.25, -0.2) is 0 Å². The molecule has 0 saturated carbocycles. The van der Waals surface area contributed by atoms with Crippen LogP contribution in [0.25, 0.3) is 0 Å². The van der Waals surface area contributed by atoms with Gasteiger partial charge in [-0.2, -0.15) is 5.26 Å². The molecule has 0 saturated heterocycles. The number of carbonyl (C=O) groups excluding carboxylic acids is 1. The molecule has 1 atom stereocenters. The zero-order valence-electron chi connectivity index (χ0n) is 11.0. The Morgan fingerprint density at radius 1 is 1.25 bits per heavy atom. The van der Waals surface area contributed by atoms with Crippen LogP contribution < -0.4 is 5.32 Å². The van der Waals surface area contributed by atoms with Crippen LogP contribution in [0.3, 0.4) is 0 Å². The van der Waals surface area contributed by atoms with Crippen LogP contribution in [0.4, 0.5) is 0 Å². The van der Waals surface area contributed by atoms with Gasteiger partial charge in [-0.3, -0.25) is 4.79 Å². The molecule has 1 aliphatic carbocycles. The minimum atomic E-state index is -0.0228. The summed E-state index contributed by atoms with van der Waals surface area (Å²) in [6.45, 7) is 0.465. The molecular formula is C17H14N2O. The summed E-state index contributed by atoms with van der Waals surface area (Å²) in [6, 6.07) is 17.4. The number of fused-ring (bicyclic) bond motifs is 1. The third-order valence-corrected chi connectivity index (χ3v) is 3.69. The molecular weight excluding hydrogens is 248 g/mol. The Bertz CT molecular complexity index is 700. The second-order valence-corrected chi connectivity index (χ2v) is 4.99. The summed E-state index contributed by atoms with van der Waals surface area (Å²) < 4.78 is 0. The van der Waals surface area contributed by atoms with E-state index in [1.807, 2.05) is 30.3 Å². The number of carbonyl (C=O) groups is 1. The number of amides is 1. The van der Waals surface area contributed by atoms with Gasteiger partial charge in [0.25, 0.3) is 0 Å². The number of rotatable bonds is 3. The van der Waals surface area contributed by atoms with Crippen molar-refractivity contribution in [1.82, 2.24) is 5.32 Å². The highest BCUT2D eigenvalue weighted by molar-refractivity contribution is 5.86. The average molecular weight is 262 g/mol. The summed E-state index contributed by atoms with van der Waals surface area (Å²) in [7, 11) is 0. The molecule has 2 aromatic carbocycles. The minimum absolute atomic E-state index is 0.0228. The summed E-state index contributed by atoms with van der Waals surface area (Å²) in [5, 5.41) is 11.8. The third kappa shape index (κ3) is 2.28. The Morgan fingerprint density at radius 3 is 2.90 bits per heavy atom. The van der Waals surface area contributed by atoms with E-state index in [1.165, 1.54) is 5.56 Å². The van der Waals surface area contributed by atoms with Crippen molar-refractivity contribution in [3.8, 4) is 6.07 Å². The molecule has 1 unspecified atom stereocenters. The Kier molecular flexibility index (Phi) is 3.22. The lowest BCUT2D eigenvalue weighted by molar-refractivity contribution is -0.123. The maximum absolute atomic E-state index is 12.1. The fraction of sp³-hybridized carbons (Fsp3) is 0.176. The van der Waals surface area contributed by atoms with Crippen molar-refractivity contribution in [1.29, 1.82) is 5.26 Å². The molecule has 1 amide bonds. The monoisotopic (exact) mass is 262 g/mol. The second kappa shape index (κ2) is 5.18. The number of hydrogen-bond donors (Lipinski definition) is 1. The molecule has 0 spiro atoms. The topological polar surface area (TPSA) is 52.9 Å². The summed E-state index contributed by atoms with van der Waals surface area (Å²) in [4.78, 5) is 12.1. The first-order valence-electron chi connectivity index (χ1n) is 6.62. The van der Waals surface area contributed by atoms with E-state index < -0.39 is 0 Å². The maximum Gasteiger partial charge on any atom is 0.228 e. The van der Waals surface area contributed by atoms with Crippen LogP contribution in [0, 0.1) is 11.3 Å². The minimum Gasteiger partial charge on any atom is -0.351 e. The molecule has 20 heavy (non-hydrogen) atoms. The van der Waals surface area contributed by atoms with Crippen LogP contribution >= 0.6 is 0 Å². The van der Waals surface area contributed by atoms with E-state index in [0.717, 1.165) is 17.5 Å². The molecule has 0 heterocycles. The quantitative estimate of drug-likeness (QED) is 0.924. The van der Waals surface area contributed by atoms with Gasteiger partial charge in [0.05, 0.1) is 17.6 Å². The Balaban J connectivity index is 1.62. The van der Waals surface area contributed by atoms with Crippen LogP contribution in [0.2, 0.25) is 0 Å². The number of benzene rings is 2. The van der Waals surface area contributed by atoms with Crippen molar-refractivity contribution < 1.29 is 4.79 Å². The first kappa shape index (κ1) is 12.4.